The molecule has 0 aliphatic carbocycles. The molecule has 0 fully saturated rings. The molecule has 1 heterocycles. The third-order valence-corrected chi connectivity index (χ3v) is 1.57. The molecule has 0 radical (unpaired) electrons. The number of rotatable bonds is 2. The van der Waals surface area contributed by atoms with Crippen LogP contribution in [0.25, 0.3) is 0 Å². The molecule has 0 aromatic carbocycles. The van der Waals surface area contributed by atoms with Crippen molar-refractivity contribution in [2.75, 3.05) is 0 Å². The fourth-order valence-electron chi connectivity index (χ4n) is 0.975. The largest absolute Gasteiger partial charge is 0.426 e. The first-order valence-corrected chi connectivity index (χ1v) is 3.46. The fraction of sp³-hybridized carbons (Fsp3) is 0.222. The number of hydrogen-bond donors (Lipinski definition) is 0. The van der Waals surface area contributed by atoms with E-state index in [2.05, 4.69) is 13.2 Å². The normalized spacial score (nSPS) is 17.6. The molecular weight excluding hydrogens is 140 g/mol. The molecule has 1 aliphatic rings. The van der Waals surface area contributed by atoms with Crippen molar-refractivity contribution in [3.8, 4) is 0 Å². The summed E-state index contributed by atoms with van der Waals surface area (Å²) in [6.07, 6.45) is 4.39. The standard InChI is InChI=1S/C9H10O2/c1-3-7-5-6-9(10)11-8(7)4-2/h3-4H,1-2,5-6H2. The van der Waals surface area contributed by atoms with Gasteiger partial charge in [-0.1, -0.05) is 19.2 Å². The molecule has 0 spiro atoms. The lowest BCUT2D eigenvalue weighted by Crippen LogP contribution is -2.10. The highest BCUT2D eigenvalue weighted by Crippen LogP contribution is 2.20. The highest BCUT2D eigenvalue weighted by molar-refractivity contribution is 5.73. The predicted octanol–water partition coefficient (Wildman–Crippen LogP) is 1.95. The molecule has 2 heteroatoms. The summed E-state index contributed by atoms with van der Waals surface area (Å²) in [6.45, 7) is 7.14. The minimum atomic E-state index is -0.189. The van der Waals surface area contributed by atoms with E-state index in [4.69, 9.17) is 4.74 Å². The summed E-state index contributed by atoms with van der Waals surface area (Å²) in [4.78, 5) is 10.8. The van der Waals surface area contributed by atoms with Crippen molar-refractivity contribution < 1.29 is 9.53 Å². The van der Waals surface area contributed by atoms with Gasteiger partial charge in [-0.3, -0.25) is 4.79 Å². The van der Waals surface area contributed by atoms with E-state index in [1.807, 2.05) is 0 Å². The zero-order valence-corrected chi connectivity index (χ0v) is 6.30. The van der Waals surface area contributed by atoms with E-state index in [1.165, 1.54) is 6.08 Å². The van der Waals surface area contributed by atoms with Gasteiger partial charge in [-0.15, -0.1) is 0 Å². The molecule has 0 amide bonds. The average molecular weight is 150 g/mol. The van der Waals surface area contributed by atoms with Crippen molar-refractivity contribution in [2.24, 2.45) is 0 Å². The quantitative estimate of drug-likeness (QED) is 0.562. The number of hydrogen-bond acceptors (Lipinski definition) is 2. The van der Waals surface area contributed by atoms with Crippen LogP contribution in [-0.4, -0.2) is 5.97 Å². The molecule has 0 atom stereocenters. The monoisotopic (exact) mass is 150 g/mol. The van der Waals surface area contributed by atoms with Crippen LogP contribution in [0.1, 0.15) is 12.8 Å². The topological polar surface area (TPSA) is 26.3 Å². The first kappa shape index (κ1) is 7.79. The van der Waals surface area contributed by atoms with Crippen LogP contribution in [0.4, 0.5) is 0 Å². The third kappa shape index (κ3) is 1.58. The third-order valence-electron chi connectivity index (χ3n) is 1.57. The number of esters is 1. The van der Waals surface area contributed by atoms with E-state index in [1.54, 1.807) is 6.08 Å². The summed E-state index contributed by atoms with van der Waals surface area (Å²) >= 11 is 0. The second-order valence-corrected chi connectivity index (χ2v) is 2.27. The van der Waals surface area contributed by atoms with Crippen molar-refractivity contribution in [1.29, 1.82) is 0 Å². The molecule has 0 unspecified atom stereocenters. The zero-order valence-electron chi connectivity index (χ0n) is 6.30. The highest BCUT2D eigenvalue weighted by atomic mass is 16.5. The van der Waals surface area contributed by atoms with Crippen LogP contribution < -0.4 is 0 Å². The van der Waals surface area contributed by atoms with Crippen LogP contribution in [0.5, 0.6) is 0 Å². The smallest absolute Gasteiger partial charge is 0.311 e. The minimum Gasteiger partial charge on any atom is -0.426 e. The summed E-state index contributed by atoms with van der Waals surface area (Å²) in [7, 11) is 0. The SMILES string of the molecule is C=CC1=C(C=C)OC(=O)CC1. The van der Waals surface area contributed by atoms with Gasteiger partial charge in [-0.05, 0) is 18.1 Å². The maximum absolute atomic E-state index is 10.8. The second kappa shape index (κ2) is 3.19. The van der Waals surface area contributed by atoms with E-state index in [-0.39, 0.29) is 5.97 Å². The van der Waals surface area contributed by atoms with Crippen LogP contribution in [-0.2, 0) is 9.53 Å². The second-order valence-electron chi connectivity index (χ2n) is 2.27. The Morgan fingerprint density at radius 3 is 2.55 bits per heavy atom. The predicted molar refractivity (Wildman–Crippen MR) is 42.7 cm³/mol. The molecule has 1 aliphatic heterocycles. The Morgan fingerprint density at radius 1 is 1.27 bits per heavy atom. The molecule has 0 aromatic heterocycles. The van der Waals surface area contributed by atoms with Crippen LogP contribution in [0.3, 0.4) is 0 Å². The van der Waals surface area contributed by atoms with Crippen LogP contribution in [0, 0.1) is 0 Å². The van der Waals surface area contributed by atoms with Crippen LogP contribution in [0.15, 0.2) is 36.6 Å². The zero-order chi connectivity index (χ0) is 8.27. The summed E-state index contributed by atoms with van der Waals surface area (Å²) in [5, 5.41) is 0. The molecule has 2 nitrogen and oxygen atoms in total. The van der Waals surface area contributed by atoms with E-state index in [0.717, 1.165) is 5.57 Å². The average Bonchev–Trinajstić information content (AvgIpc) is 2.04. The molecule has 58 valence electrons. The van der Waals surface area contributed by atoms with Gasteiger partial charge in [0.25, 0.3) is 0 Å². The number of carbonyl (C=O) groups is 1. The summed E-state index contributed by atoms with van der Waals surface area (Å²) in [5.41, 5.74) is 0.958. The van der Waals surface area contributed by atoms with Gasteiger partial charge < -0.3 is 4.74 Å². The van der Waals surface area contributed by atoms with Gasteiger partial charge in [0.15, 0.2) is 0 Å². The molecule has 11 heavy (non-hydrogen) atoms. The Hall–Kier alpha value is -1.31. The molecule has 0 saturated heterocycles. The van der Waals surface area contributed by atoms with Gasteiger partial charge in [-0.25, -0.2) is 0 Å². The number of cyclic esters (lactones) is 1. The molecule has 0 saturated carbocycles. The van der Waals surface area contributed by atoms with Gasteiger partial charge in [0, 0.05) is 0 Å². The summed E-state index contributed by atoms with van der Waals surface area (Å²) in [6, 6.07) is 0. The maximum Gasteiger partial charge on any atom is 0.311 e. The van der Waals surface area contributed by atoms with Gasteiger partial charge in [0.05, 0.1) is 6.42 Å². The summed E-state index contributed by atoms with van der Waals surface area (Å²) < 4.78 is 4.89. The molecule has 1 rings (SSSR count). The lowest BCUT2D eigenvalue weighted by atomic mass is 10.1. The van der Waals surface area contributed by atoms with Crippen molar-refractivity contribution in [1.82, 2.24) is 0 Å². The van der Waals surface area contributed by atoms with Crippen molar-refractivity contribution in [2.45, 2.75) is 12.8 Å². The molecular formula is C9H10O2. The van der Waals surface area contributed by atoms with E-state index < -0.39 is 0 Å². The first-order chi connectivity index (χ1) is 5.27. The van der Waals surface area contributed by atoms with Crippen LogP contribution in [0.2, 0.25) is 0 Å². The lowest BCUT2D eigenvalue weighted by Gasteiger charge is -2.14. The van der Waals surface area contributed by atoms with Crippen LogP contribution >= 0.6 is 0 Å². The number of ether oxygens (including phenoxy) is 1. The Balaban J connectivity index is 2.91. The Labute approximate surface area is 65.9 Å². The van der Waals surface area contributed by atoms with E-state index in [9.17, 15) is 4.79 Å². The van der Waals surface area contributed by atoms with Crippen molar-refractivity contribution in [3.63, 3.8) is 0 Å². The lowest BCUT2D eigenvalue weighted by molar-refractivity contribution is -0.140. The minimum absolute atomic E-state index is 0.189. The van der Waals surface area contributed by atoms with E-state index in [0.29, 0.717) is 18.6 Å². The molecule has 0 aromatic rings. The fourth-order valence-corrected chi connectivity index (χ4v) is 0.975. The Bertz CT molecular complexity index is 236. The van der Waals surface area contributed by atoms with Gasteiger partial charge in [0.1, 0.15) is 5.76 Å². The van der Waals surface area contributed by atoms with Gasteiger partial charge >= 0.3 is 5.97 Å². The molecule has 0 bridgehead atoms. The Kier molecular flexibility index (Phi) is 2.26. The molecule has 0 N–H and O–H groups in total. The number of carbonyl (C=O) groups excluding carboxylic acids is 1. The van der Waals surface area contributed by atoms with E-state index >= 15 is 0 Å². The van der Waals surface area contributed by atoms with Gasteiger partial charge in [-0.2, -0.15) is 0 Å². The Morgan fingerprint density at radius 2 is 2.00 bits per heavy atom. The number of allylic oxidation sites excluding steroid dienone is 3. The maximum atomic E-state index is 10.8. The highest BCUT2D eigenvalue weighted by Gasteiger charge is 2.15. The van der Waals surface area contributed by atoms with Crippen molar-refractivity contribution in [3.05, 3.63) is 36.6 Å². The van der Waals surface area contributed by atoms with Crippen molar-refractivity contribution >= 4 is 5.97 Å². The van der Waals surface area contributed by atoms with Gasteiger partial charge in [0.2, 0.25) is 0 Å². The summed E-state index contributed by atoms with van der Waals surface area (Å²) in [5.74, 6) is 0.363. The first-order valence-electron chi connectivity index (χ1n) is 3.46.